The Morgan fingerprint density at radius 2 is 2.31 bits per heavy atom. The minimum absolute atomic E-state index is 0. The Labute approximate surface area is 174 Å². The molecule has 0 saturated heterocycles. The van der Waals surface area contributed by atoms with Crippen LogP contribution < -0.4 is 5.32 Å². The van der Waals surface area contributed by atoms with Gasteiger partial charge in [0.2, 0.25) is 0 Å². The number of nitrogens with zero attached hydrogens (tertiary/aromatic N) is 5. The number of rotatable bonds is 8. The average Bonchev–Trinajstić information content (AvgIpc) is 3.28. The summed E-state index contributed by atoms with van der Waals surface area (Å²) in [5.41, 5.74) is 0.700. The zero-order chi connectivity index (χ0) is 18.1. The van der Waals surface area contributed by atoms with E-state index in [9.17, 15) is 4.79 Å². The number of carbonyl (C=O) groups excluding carboxylic acids is 1. The van der Waals surface area contributed by atoms with Gasteiger partial charge in [0.05, 0.1) is 19.9 Å². The van der Waals surface area contributed by atoms with Crippen LogP contribution in [0.4, 0.5) is 0 Å². The van der Waals surface area contributed by atoms with E-state index in [0.29, 0.717) is 12.2 Å². The lowest BCUT2D eigenvalue weighted by molar-refractivity contribution is -0.141. The summed E-state index contributed by atoms with van der Waals surface area (Å²) in [5, 5.41) is 13.3. The molecule has 0 radical (unpaired) electrons. The first-order valence-electron chi connectivity index (χ1n) is 8.10. The van der Waals surface area contributed by atoms with Gasteiger partial charge in [-0.2, -0.15) is 0 Å². The second kappa shape index (κ2) is 11.8. The summed E-state index contributed by atoms with van der Waals surface area (Å²) >= 11 is 1.76. The minimum Gasteiger partial charge on any atom is -0.468 e. The van der Waals surface area contributed by atoms with Gasteiger partial charge in [-0.15, -0.1) is 40.4 Å². The lowest BCUT2D eigenvalue weighted by Crippen LogP contribution is -2.39. The van der Waals surface area contributed by atoms with Crippen molar-refractivity contribution in [2.24, 2.45) is 4.99 Å². The van der Waals surface area contributed by atoms with E-state index in [2.05, 4.69) is 47.8 Å². The van der Waals surface area contributed by atoms with Crippen LogP contribution >= 0.6 is 35.3 Å². The predicted octanol–water partition coefficient (Wildman–Crippen LogP) is 1.77. The topological polar surface area (TPSA) is 84.6 Å². The van der Waals surface area contributed by atoms with Crippen molar-refractivity contribution >= 4 is 47.2 Å². The molecule has 26 heavy (non-hydrogen) atoms. The molecule has 2 rings (SSSR count). The monoisotopic (exact) mass is 492 g/mol. The molecule has 144 valence electrons. The van der Waals surface area contributed by atoms with Gasteiger partial charge in [0.1, 0.15) is 12.2 Å². The Morgan fingerprint density at radius 3 is 2.96 bits per heavy atom. The number of aromatic nitrogens is 3. The van der Waals surface area contributed by atoms with Gasteiger partial charge in [-0.1, -0.05) is 11.3 Å². The number of aliphatic imine (C=N–C) groups is 1. The molecule has 2 aromatic heterocycles. The zero-order valence-electron chi connectivity index (χ0n) is 15.2. The van der Waals surface area contributed by atoms with Crippen LogP contribution in [0.3, 0.4) is 0 Å². The number of halogens is 1. The van der Waals surface area contributed by atoms with E-state index in [4.69, 9.17) is 0 Å². The highest BCUT2D eigenvalue weighted by Crippen LogP contribution is 2.09. The highest BCUT2D eigenvalue weighted by molar-refractivity contribution is 14.0. The van der Waals surface area contributed by atoms with E-state index in [0.717, 1.165) is 25.5 Å². The van der Waals surface area contributed by atoms with Crippen LogP contribution in [0.1, 0.15) is 17.5 Å². The Morgan fingerprint density at radius 1 is 1.50 bits per heavy atom. The summed E-state index contributed by atoms with van der Waals surface area (Å²) < 4.78 is 6.06. The molecular formula is C16H25IN6O2S. The molecule has 0 aliphatic rings. The quantitative estimate of drug-likeness (QED) is 0.262. The van der Waals surface area contributed by atoms with E-state index in [1.54, 1.807) is 17.5 Å². The highest BCUT2D eigenvalue weighted by atomic mass is 127. The fraction of sp³-hybridized carbons (Fsp3) is 0.500. The Kier molecular flexibility index (Phi) is 10.2. The van der Waals surface area contributed by atoms with Crippen LogP contribution in [0.5, 0.6) is 0 Å². The van der Waals surface area contributed by atoms with Crippen LogP contribution in [0, 0.1) is 0 Å². The summed E-state index contributed by atoms with van der Waals surface area (Å²) in [6.45, 7) is 4.15. The van der Waals surface area contributed by atoms with Gasteiger partial charge in [0, 0.05) is 25.0 Å². The molecule has 0 aromatic carbocycles. The standard InChI is InChI=1S/C16H24N6O2S.HI/c1-4-17-16(21(2)8-7-14-6-5-9-25-14)18-10-13-11-22(20-19-13)12-15(23)24-3;/h5-6,9,11H,4,7-8,10,12H2,1-3H3,(H,17,18);1H. The normalized spacial score (nSPS) is 11.0. The fourth-order valence-corrected chi connectivity index (χ4v) is 2.85. The number of hydrogen-bond acceptors (Lipinski definition) is 6. The number of esters is 1. The van der Waals surface area contributed by atoms with Gasteiger partial charge in [0.15, 0.2) is 5.96 Å². The maximum Gasteiger partial charge on any atom is 0.327 e. The molecule has 0 bridgehead atoms. The third-order valence-electron chi connectivity index (χ3n) is 3.47. The van der Waals surface area contributed by atoms with Crippen molar-refractivity contribution in [2.45, 2.75) is 26.4 Å². The summed E-state index contributed by atoms with van der Waals surface area (Å²) in [5.74, 6) is 0.461. The largest absolute Gasteiger partial charge is 0.468 e. The molecule has 2 heterocycles. The van der Waals surface area contributed by atoms with Crippen molar-refractivity contribution < 1.29 is 9.53 Å². The van der Waals surface area contributed by atoms with Gasteiger partial charge in [-0.05, 0) is 24.8 Å². The van der Waals surface area contributed by atoms with Crippen LogP contribution in [-0.2, 0) is 29.0 Å². The predicted molar refractivity (Wildman–Crippen MR) is 113 cm³/mol. The molecule has 1 N–H and O–H groups in total. The summed E-state index contributed by atoms with van der Waals surface area (Å²) in [6, 6.07) is 4.21. The summed E-state index contributed by atoms with van der Waals surface area (Å²) in [4.78, 5) is 19.3. The number of likely N-dealkylation sites (N-methyl/N-ethyl adjacent to an activating group) is 1. The van der Waals surface area contributed by atoms with E-state index in [-0.39, 0.29) is 36.5 Å². The lowest BCUT2D eigenvalue weighted by atomic mass is 10.3. The molecule has 0 aliphatic heterocycles. The molecule has 0 fully saturated rings. The van der Waals surface area contributed by atoms with Gasteiger partial charge >= 0.3 is 5.97 Å². The molecule has 0 unspecified atom stereocenters. The van der Waals surface area contributed by atoms with Crippen molar-refractivity contribution in [1.82, 2.24) is 25.2 Å². The maximum absolute atomic E-state index is 11.2. The Balaban J connectivity index is 0.00000338. The molecule has 0 atom stereocenters. The first kappa shape index (κ1) is 22.4. The van der Waals surface area contributed by atoms with Crippen LogP contribution in [0.25, 0.3) is 0 Å². The van der Waals surface area contributed by atoms with Crippen LogP contribution in [0.2, 0.25) is 0 Å². The lowest BCUT2D eigenvalue weighted by Gasteiger charge is -2.21. The summed E-state index contributed by atoms with van der Waals surface area (Å²) in [7, 11) is 3.36. The second-order valence-electron chi connectivity index (χ2n) is 5.40. The molecule has 0 saturated carbocycles. The Bertz CT molecular complexity index is 689. The number of thiophene rings is 1. The number of carbonyl (C=O) groups is 1. The second-order valence-corrected chi connectivity index (χ2v) is 6.44. The number of ether oxygens (including phenoxy) is 1. The van der Waals surface area contributed by atoms with Crippen molar-refractivity contribution in [3.05, 3.63) is 34.3 Å². The molecule has 8 nitrogen and oxygen atoms in total. The number of guanidine groups is 1. The first-order chi connectivity index (χ1) is 12.1. The first-order valence-corrected chi connectivity index (χ1v) is 8.98. The van der Waals surface area contributed by atoms with Gasteiger partial charge < -0.3 is 15.0 Å². The van der Waals surface area contributed by atoms with E-state index >= 15 is 0 Å². The smallest absolute Gasteiger partial charge is 0.327 e. The Hall–Kier alpha value is -1.69. The molecule has 10 heteroatoms. The molecule has 0 aliphatic carbocycles. The minimum atomic E-state index is -0.360. The van der Waals surface area contributed by atoms with Gasteiger partial charge in [-0.25, -0.2) is 9.67 Å². The summed E-state index contributed by atoms with van der Waals surface area (Å²) in [6.07, 6.45) is 2.68. The van der Waals surface area contributed by atoms with Crippen LogP contribution in [0.15, 0.2) is 28.7 Å². The van der Waals surface area contributed by atoms with Crippen LogP contribution in [-0.4, -0.2) is 59.1 Å². The SMILES string of the molecule is CCNC(=NCc1cn(CC(=O)OC)nn1)N(C)CCc1cccs1.I. The molecule has 0 amide bonds. The van der Waals surface area contributed by atoms with E-state index < -0.39 is 0 Å². The van der Waals surface area contributed by atoms with E-state index in [1.807, 2.05) is 14.0 Å². The number of methoxy groups -OCH3 is 1. The zero-order valence-corrected chi connectivity index (χ0v) is 18.4. The third-order valence-corrected chi connectivity index (χ3v) is 4.40. The van der Waals surface area contributed by atoms with Crippen molar-refractivity contribution in [3.8, 4) is 0 Å². The number of hydrogen-bond donors (Lipinski definition) is 1. The van der Waals surface area contributed by atoms with Gasteiger partial charge in [0.25, 0.3) is 0 Å². The van der Waals surface area contributed by atoms with Crippen molar-refractivity contribution in [1.29, 1.82) is 0 Å². The van der Waals surface area contributed by atoms with Gasteiger partial charge in [-0.3, -0.25) is 4.79 Å². The molecule has 0 spiro atoms. The van der Waals surface area contributed by atoms with Crippen molar-refractivity contribution in [2.75, 3.05) is 27.2 Å². The molecular weight excluding hydrogens is 467 g/mol. The average molecular weight is 492 g/mol. The number of nitrogens with one attached hydrogen (secondary N) is 1. The van der Waals surface area contributed by atoms with Crippen molar-refractivity contribution in [3.63, 3.8) is 0 Å². The fourth-order valence-electron chi connectivity index (χ4n) is 2.15. The van der Waals surface area contributed by atoms with E-state index in [1.165, 1.54) is 16.7 Å². The molecule has 2 aromatic rings. The third kappa shape index (κ3) is 7.28. The highest BCUT2D eigenvalue weighted by Gasteiger charge is 2.08. The maximum atomic E-state index is 11.2.